The Hall–Kier alpha value is -5.44. The van der Waals surface area contributed by atoms with Gasteiger partial charge in [-0.2, -0.15) is 10.2 Å². The summed E-state index contributed by atoms with van der Waals surface area (Å²) in [6, 6.07) is 41.4. The highest BCUT2D eigenvalue weighted by Gasteiger charge is 2.10. The smallest absolute Gasteiger partial charge is 0.0859 e. The van der Waals surface area contributed by atoms with Gasteiger partial charge in [0.15, 0.2) is 0 Å². The van der Waals surface area contributed by atoms with Crippen LogP contribution in [0.25, 0.3) is 0 Å². The van der Waals surface area contributed by atoms with Gasteiger partial charge in [-0.25, -0.2) is 0 Å². The van der Waals surface area contributed by atoms with E-state index in [0.29, 0.717) is 0 Å². The molecule has 0 unspecified atom stereocenters. The molecule has 0 aliphatic carbocycles. The van der Waals surface area contributed by atoms with Crippen molar-refractivity contribution < 1.29 is 0 Å². The second-order valence-electron chi connectivity index (χ2n) is 13.0. The van der Waals surface area contributed by atoms with E-state index in [1.54, 1.807) is 0 Å². The zero-order chi connectivity index (χ0) is 35.5. The first-order valence-corrected chi connectivity index (χ1v) is 18.4. The fraction of sp³-hybridized carbons (Fsp3) is 0.273. The van der Waals surface area contributed by atoms with Crippen molar-refractivity contribution in [1.29, 1.82) is 0 Å². The molecule has 0 saturated carbocycles. The lowest BCUT2D eigenvalue weighted by atomic mass is 10.1. The maximum Gasteiger partial charge on any atom is 0.0859 e. The van der Waals surface area contributed by atoms with E-state index in [1.807, 2.05) is 61.2 Å². The molecule has 8 heteroatoms. The van der Waals surface area contributed by atoms with Crippen LogP contribution >= 0.6 is 0 Å². The van der Waals surface area contributed by atoms with Crippen LogP contribution in [0.1, 0.15) is 33.9 Å². The molecule has 0 bridgehead atoms. The molecular formula is C44H48N8. The highest BCUT2D eigenvalue weighted by molar-refractivity contribution is 5.43. The summed E-state index contributed by atoms with van der Waals surface area (Å²) in [6.45, 7) is 5.70. The van der Waals surface area contributed by atoms with Crippen molar-refractivity contribution in [2.24, 2.45) is 10.2 Å². The minimum absolute atomic E-state index is 0.867. The van der Waals surface area contributed by atoms with Crippen LogP contribution in [-0.4, -0.2) is 69.0 Å². The van der Waals surface area contributed by atoms with E-state index in [0.717, 1.165) is 112 Å². The predicted octanol–water partition coefficient (Wildman–Crippen LogP) is 8.34. The average molecular weight is 689 g/mol. The Labute approximate surface area is 308 Å². The molecule has 8 nitrogen and oxygen atoms in total. The van der Waals surface area contributed by atoms with Crippen LogP contribution in [0.5, 0.6) is 0 Å². The topological polar surface area (TPSA) is 82.8 Å². The summed E-state index contributed by atoms with van der Waals surface area (Å²) in [5.41, 5.74) is 8.72. The van der Waals surface area contributed by atoms with Gasteiger partial charge in [-0.15, -0.1) is 0 Å². The predicted molar refractivity (Wildman–Crippen MR) is 209 cm³/mol. The molecule has 264 valence electrons. The van der Waals surface area contributed by atoms with Gasteiger partial charge in [0.05, 0.1) is 11.4 Å². The Kier molecular flexibility index (Phi) is 14.3. The van der Waals surface area contributed by atoms with Gasteiger partial charge in [0.2, 0.25) is 0 Å². The third-order valence-corrected chi connectivity index (χ3v) is 9.18. The molecular weight excluding hydrogens is 641 g/mol. The second kappa shape index (κ2) is 20.4. The van der Waals surface area contributed by atoms with Gasteiger partial charge in [0.1, 0.15) is 0 Å². The van der Waals surface area contributed by atoms with Gasteiger partial charge in [-0.3, -0.25) is 19.9 Å². The van der Waals surface area contributed by atoms with Crippen molar-refractivity contribution in [3.05, 3.63) is 180 Å². The molecule has 4 heterocycles. The second-order valence-corrected chi connectivity index (χ2v) is 13.0. The number of hydrogen-bond donors (Lipinski definition) is 0. The summed E-state index contributed by atoms with van der Waals surface area (Å²) in [5.74, 6) is 0. The Bertz CT molecular complexity index is 1680. The Morgan fingerprint density at radius 2 is 0.673 bits per heavy atom. The Morgan fingerprint density at radius 1 is 0.346 bits per heavy atom. The van der Waals surface area contributed by atoms with Gasteiger partial charge in [0.25, 0.3) is 0 Å². The Morgan fingerprint density at radius 3 is 0.981 bits per heavy atom. The largest absolute Gasteiger partial charge is 0.302 e. The molecule has 52 heavy (non-hydrogen) atoms. The maximum absolute atomic E-state index is 4.65. The zero-order valence-electron chi connectivity index (χ0n) is 29.9. The molecule has 0 spiro atoms. The normalized spacial score (nSPS) is 11.5. The number of rotatable bonds is 20. The first-order chi connectivity index (χ1) is 25.7. The summed E-state index contributed by atoms with van der Waals surface area (Å²) in [4.78, 5) is 23.2. The van der Waals surface area contributed by atoms with E-state index in [9.17, 15) is 0 Å². The summed E-state index contributed by atoms with van der Waals surface area (Å²) in [5, 5.41) is 9.30. The number of pyridine rings is 4. The van der Waals surface area contributed by atoms with Crippen molar-refractivity contribution in [2.75, 3.05) is 39.3 Å². The first kappa shape index (κ1) is 36.4. The van der Waals surface area contributed by atoms with Crippen LogP contribution in [0.4, 0.5) is 11.4 Å². The molecule has 6 rings (SSSR count). The summed E-state index contributed by atoms with van der Waals surface area (Å²) < 4.78 is 0. The SMILES string of the molecule is c1ccc(CCN(CCc2cccc(N=Nc3cccc(CCN(CCc4ccccn4)CCc4ccccn4)c3)c2)CCc2ccccn2)nc1. The van der Waals surface area contributed by atoms with Crippen molar-refractivity contribution in [3.8, 4) is 0 Å². The van der Waals surface area contributed by atoms with Gasteiger partial charge in [-0.05, 0) is 96.8 Å². The number of azo groups is 1. The third-order valence-electron chi connectivity index (χ3n) is 9.18. The van der Waals surface area contributed by atoms with E-state index in [-0.39, 0.29) is 0 Å². The number of benzene rings is 2. The van der Waals surface area contributed by atoms with Crippen LogP contribution in [-0.2, 0) is 38.5 Å². The molecule has 0 aliphatic heterocycles. The van der Waals surface area contributed by atoms with Crippen molar-refractivity contribution >= 4 is 11.4 Å². The molecule has 6 aromatic rings. The number of aromatic nitrogens is 4. The summed E-state index contributed by atoms with van der Waals surface area (Å²) in [6.07, 6.45) is 13.0. The lowest BCUT2D eigenvalue weighted by Gasteiger charge is -2.22. The van der Waals surface area contributed by atoms with Crippen molar-refractivity contribution in [3.63, 3.8) is 0 Å². The van der Waals surface area contributed by atoms with E-state index >= 15 is 0 Å². The quantitative estimate of drug-likeness (QED) is 0.0751. The van der Waals surface area contributed by atoms with Gasteiger partial charge in [-0.1, -0.05) is 48.5 Å². The van der Waals surface area contributed by atoms with Gasteiger partial charge < -0.3 is 9.80 Å². The first-order valence-electron chi connectivity index (χ1n) is 18.4. The lowest BCUT2D eigenvalue weighted by Crippen LogP contribution is -2.31. The molecule has 4 aromatic heterocycles. The van der Waals surface area contributed by atoms with E-state index in [1.165, 1.54) is 11.1 Å². The van der Waals surface area contributed by atoms with E-state index in [4.69, 9.17) is 0 Å². The van der Waals surface area contributed by atoms with Crippen LogP contribution in [0.2, 0.25) is 0 Å². The van der Waals surface area contributed by atoms with Crippen molar-refractivity contribution in [1.82, 2.24) is 29.7 Å². The summed E-state index contributed by atoms with van der Waals surface area (Å²) >= 11 is 0. The van der Waals surface area contributed by atoms with E-state index in [2.05, 4.69) is 125 Å². The molecule has 0 N–H and O–H groups in total. The van der Waals surface area contributed by atoms with Crippen LogP contribution in [0.3, 0.4) is 0 Å². The molecule has 0 amide bonds. The number of hydrogen-bond acceptors (Lipinski definition) is 8. The van der Waals surface area contributed by atoms with Crippen LogP contribution < -0.4 is 0 Å². The molecule has 0 saturated heterocycles. The molecule has 0 radical (unpaired) electrons. The van der Waals surface area contributed by atoms with Crippen LogP contribution in [0.15, 0.2) is 156 Å². The molecule has 0 fully saturated rings. The van der Waals surface area contributed by atoms with E-state index < -0.39 is 0 Å². The molecule has 2 aromatic carbocycles. The lowest BCUT2D eigenvalue weighted by molar-refractivity contribution is 0.282. The van der Waals surface area contributed by atoms with Crippen molar-refractivity contribution in [2.45, 2.75) is 38.5 Å². The zero-order valence-corrected chi connectivity index (χ0v) is 29.9. The minimum Gasteiger partial charge on any atom is -0.302 e. The average Bonchev–Trinajstić information content (AvgIpc) is 3.21. The molecule has 0 aliphatic rings. The fourth-order valence-corrected chi connectivity index (χ4v) is 6.18. The number of nitrogens with zero attached hydrogens (tertiary/aromatic N) is 8. The Balaban J connectivity index is 1.03. The van der Waals surface area contributed by atoms with Crippen LogP contribution in [0, 0.1) is 0 Å². The van der Waals surface area contributed by atoms with Gasteiger partial charge >= 0.3 is 0 Å². The fourth-order valence-electron chi connectivity index (χ4n) is 6.18. The standard InChI is InChI=1S/C44H48N8/c1-5-25-45-39(13-1)21-31-51(32-22-40-14-2-6-26-46-40)29-19-37-11-9-17-43(35-37)49-50-44-18-10-12-38(36-44)20-30-52(33-23-41-15-3-7-27-47-41)34-24-42-16-4-8-28-48-42/h1-18,25-28,35-36H,19-24,29-34H2. The van der Waals surface area contributed by atoms with Gasteiger partial charge in [0, 0.05) is 113 Å². The maximum atomic E-state index is 4.65. The molecule has 0 atom stereocenters. The third kappa shape index (κ3) is 12.7. The monoisotopic (exact) mass is 688 g/mol. The summed E-state index contributed by atoms with van der Waals surface area (Å²) in [7, 11) is 0. The highest BCUT2D eigenvalue weighted by atomic mass is 15.1. The highest BCUT2D eigenvalue weighted by Crippen LogP contribution is 2.21. The minimum atomic E-state index is 0.867.